The van der Waals surface area contributed by atoms with Crippen molar-refractivity contribution in [1.82, 2.24) is 0 Å². The van der Waals surface area contributed by atoms with Crippen molar-refractivity contribution in [3.8, 4) is 0 Å². The number of allylic oxidation sites excluding steroid dienone is 3. The number of carbonyl (C=O) groups excluding carboxylic acids is 1. The highest BCUT2D eigenvalue weighted by Gasteiger charge is 2.45. The van der Waals surface area contributed by atoms with E-state index >= 15 is 0 Å². The molecule has 0 amide bonds. The van der Waals surface area contributed by atoms with E-state index < -0.39 is 32.8 Å². The molecule has 1 aliphatic carbocycles. The van der Waals surface area contributed by atoms with E-state index in [1.807, 2.05) is 0 Å². The summed E-state index contributed by atoms with van der Waals surface area (Å²) < 4.78 is 64.3. The molecule has 1 aliphatic rings. The maximum atomic E-state index is 12.7. The molecule has 0 saturated carbocycles. The zero-order chi connectivity index (χ0) is 16.5. The Morgan fingerprint density at radius 3 is 2.50 bits per heavy atom. The van der Waals surface area contributed by atoms with Gasteiger partial charge in [-0.2, -0.15) is 13.2 Å². The van der Waals surface area contributed by atoms with Crippen LogP contribution in [0.2, 0.25) is 5.02 Å². The molecule has 0 spiro atoms. The number of sulfonamides is 1. The van der Waals surface area contributed by atoms with Gasteiger partial charge in [0.25, 0.3) is 0 Å². The minimum Gasteiger partial charge on any atom is -0.292 e. The van der Waals surface area contributed by atoms with Gasteiger partial charge in [-0.05, 0) is 24.3 Å². The van der Waals surface area contributed by atoms with Crippen LogP contribution in [0.4, 0.5) is 18.9 Å². The first-order valence-electron chi connectivity index (χ1n) is 5.88. The molecule has 1 aromatic carbocycles. The van der Waals surface area contributed by atoms with Gasteiger partial charge in [-0.25, -0.2) is 8.42 Å². The molecule has 0 bridgehead atoms. The zero-order valence-corrected chi connectivity index (χ0v) is 12.3. The molecule has 0 fully saturated rings. The van der Waals surface area contributed by atoms with Crippen LogP contribution in [0, 0.1) is 0 Å². The van der Waals surface area contributed by atoms with E-state index in [9.17, 15) is 26.4 Å². The summed E-state index contributed by atoms with van der Waals surface area (Å²) in [5.74, 6) is -1.52. The molecule has 2 rings (SSSR count). The summed E-state index contributed by atoms with van der Waals surface area (Å²) in [4.78, 5) is 11.8. The number of benzene rings is 1. The summed E-state index contributed by atoms with van der Waals surface area (Å²) in [6, 6.07) is 5.59. The molecule has 9 heteroatoms. The third kappa shape index (κ3) is 3.50. The Morgan fingerprint density at radius 2 is 1.91 bits per heavy atom. The predicted octanol–water partition coefficient (Wildman–Crippen LogP) is 3.08. The Balaban J connectivity index is 2.30. The van der Waals surface area contributed by atoms with E-state index in [-0.39, 0.29) is 10.7 Å². The second-order valence-corrected chi connectivity index (χ2v) is 6.64. The second kappa shape index (κ2) is 5.77. The Kier molecular flexibility index (Phi) is 4.35. The Morgan fingerprint density at radius 1 is 1.23 bits per heavy atom. The summed E-state index contributed by atoms with van der Waals surface area (Å²) in [6.07, 6.45) is -2.57. The Labute approximate surface area is 129 Å². The Bertz CT molecular complexity index is 769. The second-order valence-electron chi connectivity index (χ2n) is 4.41. The first kappa shape index (κ1) is 16.6. The van der Waals surface area contributed by atoms with Crippen LogP contribution in [-0.4, -0.2) is 25.6 Å². The molecule has 0 radical (unpaired) electrons. The summed E-state index contributed by atoms with van der Waals surface area (Å²) in [6.45, 7) is 0. The van der Waals surface area contributed by atoms with Crippen molar-refractivity contribution in [3.63, 3.8) is 0 Å². The van der Waals surface area contributed by atoms with E-state index in [1.165, 1.54) is 24.3 Å². The van der Waals surface area contributed by atoms with Crippen molar-refractivity contribution in [2.45, 2.75) is 11.4 Å². The molecular formula is C13H9ClF3NO3S. The van der Waals surface area contributed by atoms with Gasteiger partial charge in [-0.1, -0.05) is 29.8 Å². The fourth-order valence-corrected chi connectivity index (χ4v) is 3.31. The molecule has 118 valence electrons. The third-order valence-electron chi connectivity index (χ3n) is 2.80. The van der Waals surface area contributed by atoms with E-state index in [2.05, 4.69) is 4.72 Å². The topological polar surface area (TPSA) is 63.2 Å². The van der Waals surface area contributed by atoms with Crippen LogP contribution in [0.1, 0.15) is 0 Å². The molecule has 0 aromatic heterocycles. The van der Waals surface area contributed by atoms with Gasteiger partial charge in [0.2, 0.25) is 10.0 Å². The van der Waals surface area contributed by atoms with Crippen LogP contribution in [0.15, 0.2) is 48.1 Å². The number of Topliss-reactive ketones (excluding diaryl/α,β-unsaturated/α-hetero) is 1. The van der Waals surface area contributed by atoms with Crippen molar-refractivity contribution in [1.29, 1.82) is 0 Å². The smallest absolute Gasteiger partial charge is 0.292 e. The quantitative estimate of drug-likeness (QED) is 0.910. The van der Waals surface area contributed by atoms with Gasteiger partial charge in [0, 0.05) is 10.7 Å². The number of nitrogens with one attached hydrogen (secondary N) is 1. The monoisotopic (exact) mass is 351 g/mol. The lowest BCUT2D eigenvalue weighted by molar-refractivity contribution is -0.128. The fourth-order valence-electron chi connectivity index (χ4n) is 1.83. The van der Waals surface area contributed by atoms with Crippen LogP contribution >= 0.6 is 11.6 Å². The van der Waals surface area contributed by atoms with Crippen molar-refractivity contribution in [3.05, 3.63) is 53.1 Å². The number of carbonyl (C=O) groups is 1. The molecule has 0 heterocycles. The number of halogens is 4. The summed E-state index contributed by atoms with van der Waals surface area (Å²) in [7, 11) is -4.38. The molecule has 1 unspecified atom stereocenters. The molecule has 0 saturated heterocycles. The Hall–Kier alpha value is -1.80. The minimum atomic E-state index is -4.91. The first-order valence-corrected chi connectivity index (χ1v) is 7.81. The lowest BCUT2D eigenvalue weighted by Crippen LogP contribution is -2.38. The largest absolute Gasteiger partial charge is 0.419 e. The number of alkyl halides is 3. The van der Waals surface area contributed by atoms with Gasteiger partial charge in [-0.15, -0.1) is 0 Å². The van der Waals surface area contributed by atoms with Crippen LogP contribution in [0.5, 0.6) is 0 Å². The summed E-state index contributed by atoms with van der Waals surface area (Å²) in [5.41, 5.74) is -1.45. The maximum Gasteiger partial charge on any atom is 0.419 e. The van der Waals surface area contributed by atoms with Crippen molar-refractivity contribution >= 4 is 33.1 Å². The van der Waals surface area contributed by atoms with Crippen LogP contribution < -0.4 is 4.72 Å². The summed E-state index contributed by atoms with van der Waals surface area (Å²) >= 11 is 5.70. The average molecular weight is 352 g/mol. The minimum absolute atomic E-state index is 0.0526. The molecule has 1 N–H and O–H groups in total. The molecule has 22 heavy (non-hydrogen) atoms. The van der Waals surface area contributed by atoms with Crippen molar-refractivity contribution in [2.24, 2.45) is 0 Å². The van der Waals surface area contributed by atoms with Gasteiger partial charge < -0.3 is 0 Å². The average Bonchev–Trinajstić information content (AvgIpc) is 2.36. The van der Waals surface area contributed by atoms with Crippen LogP contribution in [0.25, 0.3) is 0 Å². The number of rotatable bonds is 3. The fraction of sp³-hybridized carbons (Fsp3) is 0.154. The van der Waals surface area contributed by atoms with Gasteiger partial charge >= 0.3 is 6.18 Å². The lowest BCUT2D eigenvalue weighted by atomic mass is 10.0. The SMILES string of the molecule is O=C1C(C(F)(F)F)=CC=CC1S(=O)(=O)Nc1cccc(Cl)c1. The highest BCUT2D eigenvalue weighted by Crippen LogP contribution is 2.31. The number of ketones is 1. The first-order chi connectivity index (χ1) is 10.1. The highest BCUT2D eigenvalue weighted by atomic mass is 35.5. The third-order valence-corrected chi connectivity index (χ3v) is 4.59. The molecule has 4 nitrogen and oxygen atoms in total. The number of anilines is 1. The lowest BCUT2D eigenvalue weighted by Gasteiger charge is -2.20. The predicted molar refractivity (Wildman–Crippen MR) is 76.1 cm³/mol. The number of hydrogen-bond acceptors (Lipinski definition) is 3. The van der Waals surface area contributed by atoms with E-state index in [4.69, 9.17) is 11.6 Å². The van der Waals surface area contributed by atoms with E-state index in [0.717, 1.165) is 12.2 Å². The maximum absolute atomic E-state index is 12.7. The summed E-state index contributed by atoms with van der Waals surface area (Å²) in [5, 5.41) is -1.71. The molecular weight excluding hydrogens is 343 g/mol. The standard InChI is InChI=1S/C13H9ClF3NO3S/c14-8-3-1-4-9(7-8)18-22(20,21)11-6-2-5-10(12(11)19)13(15,16)17/h1-7,11,18H. The van der Waals surface area contributed by atoms with Gasteiger partial charge in [0.1, 0.15) is 5.57 Å². The molecule has 0 aliphatic heterocycles. The van der Waals surface area contributed by atoms with Crippen LogP contribution in [-0.2, 0) is 14.8 Å². The van der Waals surface area contributed by atoms with E-state index in [1.54, 1.807) is 0 Å². The molecule has 1 atom stereocenters. The van der Waals surface area contributed by atoms with Crippen molar-refractivity contribution in [2.75, 3.05) is 4.72 Å². The van der Waals surface area contributed by atoms with E-state index in [0.29, 0.717) is 6.08 Å². The van der Waals surface area contributed by atoms with Gasteiger partial charge in [-0.3, -0.25) is 9.52 Å². The van der Waals surface area contributed by atoms with Crippen molar-refractivity contribution < 1.29 is 26.4 Å². The number of hydrogen-bond donors (Lipinski definition) is 1. The zero-order valence-electron chi connectivity index (χ0n) is 10.8. The highest BCUT2D eigenvalue weighted by molar-refractivity contribution is 7.94. The normalized spacial score (nSPS) is 19.0. The van der Waals surface area contributed by atoms with Crippen LogP contribution in [0.3, 0.4) is 0 Å². The molecule has 1 aromatic rings. The van der Waals surface area contributed by atoms with Gasteiger partial charge in [0.05, 0.1) is 0 Å². The van der Waals surface area contributed by atoms with Gasteiger partial charge in [0.15, 0.2) is 11.0 Å².